The number of rotatable bonds is 12. The number of nitrogens with one attached hydrogen (secondary N) is 2. The van der Waals surface area contributed by atoms with Crippen LogP contribution in [0.1, 0.15) is 62.5 Å². The Morgan fingerprint density at radius 2 is 1.55 bits per heavy atom. The third-order valence-corrected chi connectivity index (χ3v) is 5.64. The molecule has 1 fully saturated rings. The second-order valence-electron chi connectivity index (χ2n) is 8.58. The van der Waals surface area contributed by atoms with Gasteiger partial charge in [0, 0.05) is 26.7 Å². The summed E-state index contributed by atoms with van der Waals surface area (Å²) in [6, 6.07) is 9.04. The molecule has 1 saturated heterocycles. The molecular weight excluding hydrogens is 358 g/mol. The minimum absolute atomic E-state index is 0.814. The summed E-state index contributed by atoms with van der Waals surface area (Å²) in [5.74, 6) is 0.898. The fraction of sp³-hybridized carbons (Fsp3) is 0.708. The lowest BCUT2D eigenvalue weighted by molar-refractivity contribution is 0.221. The quantitative estimate of drug-likeness (QED) is 0.317. The molecule has 1 aromatic carbocycles. The molecule has 0 saturated carbocycles. The number of likely N-dealkylation sites (tertiary alicyclic amines) is 1. The number of hydrogen-bond donors (Lipinski definition) is 2. The van der Waals surface area contributed by atoms with E-state index >= 15 is 0 Å². The fourth-order valence-electron chi connectivity index (χ4n) is 3.83. The summed E-state index contributed by atoms with van der Waals surface area (Å²) in [4.78, 5) is 9.18. The lowest BCUT2D eigenvalue weighted by Gasteiger charge is -2.26. The third-order valence-electron chi connectivity index (χ3n) is 5.64. The van der Waals surface area contributed by atoms with E-state index in [0.29, 0.717) is 0 Å². The predicted molar refractivity (Wildman–Crippen MR) is 125 cm³/mol. The molecule has 0 aliphatic carbocycles. The number of benzene rings is 1. The van der Waals surface area contributed by atoms with Crippen molar-refractivity contribution in [2.45, 2.75) is 64.5 Å². The zero-order valence-corrected chi connectivity index (χ0v) is 19.1. The molecule has 5 heteroatoms. The molecular formula is C24H43N5. The Bertz CT molecular complexity index is 561. The van der Waals surface area contributed by atoms with Crippen LogP contribution in [-0.2, 0) is 13.1 Å². The minimum Gasteiger partial charge on any atom is -0.356 e. The normalized spacial score (nSPS) is 15.7. The van der Waals surface area contributed by atoms with E-state index in [1.165, 1.54) is 82.1 Å². The highest BCUT2D eigenvalue weighted by molar-refractivity contribution is 5.79. The Morgan fingerprint density at radius 3 is 2.24 bits per heavy atom. The molecule has 2 N–H and O–H groups in total. The Kier molecular flexibility index (Phi) is 11.8. The number of hydrogen-bond acceptors (Lipinski definition) is 3. The van der Waals surface area contributed by atoms with Gasteiger partial charge < -0.3 is 15.5 Å². The molecule has 0 bridgehead atoms. The van der Waals surface area contributed by atoms with E-state index in [1.807, 2.05) is 7.05 Å². The van der Waals surface area contributed by atoms with E-state index in [4.69, 9.17) is 0 Å². The van der Waals surface area contributed by atoms with Crippen LogP contribution in [0.15, 0.2) is 29.3 Å². The average Bonchev–Trinajstić information content (AvgIpc) is 2.73. The van der Waals surface area contributed by atoms with Crippen molar-refractivity contribution in [1.82, 2.24) is 20.4 Å². The Balaban J connectivity index is 1.57. The summed E-state index contributed by atoms with van der Waals surface area (Å²) in [5, 5.41) is 6.87. The van der Waals surface area contributed by atoms with E-state index in [-0.39, 0.29) is 0 Å². The SMILES string of the molecule is CN=C(NCCCCCCCN(C)C)NCc1ccc(CN2CCCCC2)cc1. The van der Waals surface area contributed by atoms with Crippen molar-refractivity contribution in [3.8, 4) is 0 Å². The molecule has 0 spiro atoms. The molecule has 0 aromatic heterocycles. The first kappa shape index (κ1) is 23.7. The van der Waals surface area contributed by atoms with Crippen molar-refractivity contribution in [2.75, 3.05) is 47.3 Å². The molecule has 0 radical (unpaired) electrons. The van der Waals surface area contributed by atoms with Gasteiger partial charge in [-0.05, 0) is 70.5 Å². The molecule has 0 atom stereocenters. The van der Waals surface area contributed by atoms with Gasteiger partial charge in [0.25, 0.3) is 0 Å². The van der Waals surface area contributed by atoms with Gasteiger partial charge in [-0.15, -0.1) is 0 Å². The first-order chi connectivity index (χ1) is 14.2. The molecule has 5 nitrogen and oxygen atoms in total. The lowest BCUT2D eigenvalue weighted by atomic mass is 10.1. The van der Waals surface area contributed by atoms with Crippen LogP contribution < -0.4 is 10.6 Å². The molecule has 1 aliphatic heterocycles. The van der Waals surface area contributed by atoms with Crippen molar-refractivity contribution >= 4 is 5.96 Å². The monoisotopic (exact) mass is 401 g/mol. The van der Waals surface area contributed by atoms with Gasteiger partial charge in [-0.3, -0.25) is 9.89 Å². The molecule has 1 heterocycles. The van der Waals surface area contributed by atoms with Crippen LogP contribution in [0.5, 0.6) is 0 Å². The van der Waals surface area contributed by atoms with Gasteiger partial charge in [-0.25, -0.2) is 0 Å². The number of piperidine rings is 1. The first-order valence-electron chi connectivity index (χ1n) is 11.6. The Morgan fingerprint density at radius 1 is 0.897 bits per heavy atom. The maximum absolute atomic E-state index is 4.35. The van der Waals surface area contributed by atoms with Crippen LogP contribution in [0, 0.1) is 0 Å². The number of nitrogens with zero attached hydrogens (tertiary/aromatic N) is 3. The minimum atomic E-state index is 0.814. The van der Waals surface area contributed by atoms with Gasteiger partial charge in [-0.1, -0.05) is 49.9 Å². The van der Waals surface area contributed by atoms with Crippen LogP contribution >= 0.6 is 0 Å². The van der Waals surface area contributed by atoms with Crippen molar-refractivity contribution in [3.05, 3.63) is 35.4 Å². The highest BCUT2D eigenvalue weighted by atomic mass is 15.2. The summed E-state index contributed by atoms with van der Waals surface area (Å²) in [7, 11) is 6.14. The summed E-state index contributed by atoms with van der Waals surface area (Å²) in [5.41, 5.74) is 2.72. The van der Waals surface area contributed by atoms with Crippen LogP contribution in [-0.4, -0.2) is 63.1 Å². The highest BCUT2D eigenvalue weighted by Gasteiger charge is 2.10. The van der Waals surface area contributed by atoms with Gasteiger partial charge in [0.05, 0.1) is 0 Å². The van der Waals surface area contributed by atoms with E-state index in [1.54, 1.807) is 0 Å². The molecule has 0 unspecified atom stereocenters. The first-order valence-corrected chi connectivity index (χ1v) is 11.6. The summed E-state index contributed by atoms with van der Waals surface area (Å²) < 4.78 is 0. The van der Waals surface area contributed by atoms with E-state index in [9.17, 15) is 0 Å². The van der Waals surface area contributed by atoms with Crippen LogP contribution in [0.25, 0.3) is 0 Å². The maximum Gasteiger partial charge on any atom is 0.191 e. The Hall–Kier alpha value is -1.59. The summed E-state index contributed by atoms with van der Waals surface area (Å²) in [6.07, 6.45) is 10.6. The molecule has 2 rings (SSSR count). The second-order valence-corrected chi connectivity index (χ2v) is 8.58. The fourth-order valence-corrected chi connectivity index (χ4v) is 3.83. The molecule has 1 aromatic rings. The summed E-state index contributed by atoms with van der Waals surface area (Å²) >= 11 is 0. The smallest absolute Gasteiger partial charge is 0.191 e. The zero-order chi connectivity index (χ0) is 20.7. The largest absolute Gasteiger partial charge is 0.356 e. The molecule has 0 amide bonds. The van der Waals surface area contributed by atoms with Crippen LogP contribution in [0.4, 0.5) is 0 Å². The third kappa shape index (κ3) is 10.7. The molecule has 29 heavy (non-hydrogen) atoms. The van der Waals surface area contributed by atoms with Gasteiger partial charge in [0.1, 0.15) is 0 Å². The van der Waals surface area contributed by atoms with E-state index in [0.717, 1.165) is 25.6 Å². The van der Waals surface area contributed by atoms with E-state index in [2.05, 4.69) is 63.8 Å². The topological polar surface area (TPSA) is 42.9 Å². The van der Waals surface area contributed by atoms with Gasteiger partial charge in [0.2, 0.25) is 0 Å². The Labute approximate surface area is 179 Å². The number of unbranched alkanes of at least 4 members (excludes halogenated alkanes) is 4. The van der Waals surface area contributed by atoms with Crippen molar-refractivity contribution in [3.63, 3.8) is 0 Å². The van der Waals surface area contributed by atoms with Crippen LogP contribution in [0.3, 0.4) is 0 Å². The van der Waals surface area contributed by atoms with Gasteiger partial charge in [-0.2, -0.15) is 0 Å². The van der Waals surface area contributed by atoms with Crippen molar-refractivity contribution in [2.24, 2.45) is 4.99 Å². The van der Waals surface area contributed by atoms with E-state index < -0.39 is 0 Å². The number of guanidine groups is 1. The highest BCUT2D eigenvalue weighted by Crippen LogP contribution is 2.13. The van der Waals surface area contributed by atoms with Gasteiger partial charge in [0.15, 0.2) is 5.96 Å². The average molecular weight is 402 g/mol. The van der Waals surface area contributed by atoms with Crippen molar-refractivity contribution < 1.29 is 0 Å². The number of aliphatic imine (C=N–C) groups is 1. The molecule has 164 valence electrons. The lowest BCUT2D eigenvalue weighted by Crippen LogP contribution is -2.37. The van der Waals surface area contributed by atoms with Crippen LogP contribution in [0.2, 0.25) is 0 Å². The predicted octanol–water partition coefficient (Wildman–Crippen LogP) is 3.85. The zero-order valence-electron chi connectivity index (χ0n) is 19.1. The summed E-state index contributed by atoms with van der Waals surface area (Å²) in [6.45, 7) is 6.60. The maximum atomic E-state index is 4.35. The second kappa shape index (κ2) is 14.4. The standard InChI is InChI=1S/C24H43N5/c1-25-24(26-16-8-5-4-6-9-17-28(2)3)27-20-22-12-14-23(15-13-22)21-29-18-10-7-11-19-29/h12-15H,4-11,16-21H2,1-3H3,(H2,25,26,27). The van der Waals surface area contributed by atoms with Gasteiger partial charge >= 0.3 is 0 Å². The van der Waals surface area contributed by atoms with Crippen molar-refractivity contribution in [1.29, 1.82) is 0 Å². The molecule has 1 aliphatic rings.